The molecule has 1 aromatic carbocycles. The van der Waals surface area contributed by atoms with Crippen molar-refractivity contribution in [3.05, 3.63) is 96.5 Å². The summed E-state index contributed by atoms with van der Waals surface area (Å²) in [6.07, 6.45) is 13.2. The number of fused-ring (bicyclic) bond motifs is 3. The first kappa shape index (κ1) is 31.0. The van der Waals surface area contributed by atoms with Crippen LogP contribution in [0, 0.1) is 11.7 Å². The van der Waals surface area contributed by atoms with Crippen molar-refractivity contribution in [1.82, 2.24) is 14.5 Å². The highest BCUT2D eigenvalue weighted by Gasteiger charge is 2.33. The summed E-state index contributed by atoms with van der Waals surface area (Å²) in [6, 6.07) is 8.87. The number of rotatable bonds is 8. The van der Waals surface area contributed by atoms with E-state index in [1.165, 1.54) is 45.5 Å². The van der Waals surface area contributed by atoms with Gasteiger partial charge in [0.2, 0.25) is 0 Å². The molecule has 2 N–H and O–H groups in total. The third kappa shape index (κ3) is 5.85. The van der Waals surface area contributed by atoms with Crippen molar-refractivity contribution < 1.29 is 14.3 Å². The maximum Gasteiger partial charge on any atom is 0.274 e. The van der Waals surface area contributed by atoms with Gasteiger partial charge in [-0.3, -0.25) is 14.5 Å². The van der Waals surface area contributed by atoms with Crippen molar-refractivity contribution in [2.45, 2.75) is 76.9 Å². The van der Waals surface area contributed by atoms with Crippen LogP contribution in [0.2, 0.25) is 0 Å². The molecule has 3 aromatic heterocycles. The third-order valence-corrected chi connectivity index (χ3v) is 11.6. The molecule has 4 aromatic rings. The number of aromatic nitrogens is 2. The number of aliphatic hydroxyl groups is 1. The van der Waals surface area contributed by atoms with Crippen LogP contribution in [0.4, 0.5) is 15.9 Å². The number of Topliss-reactive ketones (excluding diaryl/α,β-unsaturated/α-hetero) is 1. The summed E-state index contributed by atoms with van der Waals surface area (Å²) in [5, 5.41) is 13.7. The van der Waals surface area contributed by atoms with Crippen LogP contribution in [0.15, 0.2) is 47.5 Å². The van der Waals surface area contributed by atoms with Crippen LogP contribution in [0.1, 0.15) is 86.9 Å². The summed E-state index contributed by atoms with van der Waals surface area (Å²) in [6.45, 7) is 0.789. The van der Waals surface area contributed by atoms with Crippen LogP contribution in [0.25, 0.3) is 11.1 Å². The average molecular weight is 641 g/mol. The molecule has 1 aliphatic heterocycles. The number of aryl methyl sites for hydroxylation is 3. The van der Waals surface area contributed by atoms with Gasteiger partial charge in [0.1, 0.15) is 17.3 Å². The third-order valence-electron chi connectivity index (χ3n) is 10.3. The highest BCUT2D eigenvalue weighted by molar-refractivity contribution is 7.14. The van der Waals surface area contributed by atoms with Crippen LogP contribution in [-0.4, -0.2) is 38.9 Å². The first-order chi connectivity index (χ1) is 22.3. The number of carbonyl (C=O) groups excluding carboxylic acids is 1. The van der Waals surface area contributed by atoms with Crippen LogP contribution in [-0.2, 0) is 39.3 Å². The van der Waals surface area contributed by atoms with Gasteiger partial charge >= 0.3 is 0 Å². The lowest BCUT2D eigenvalue weighted by molar-refractivity contribution is 0.0899. The molecule has 7 rings (SSSR count). The number of anilines is 2. The molecule has 0 radical (unpaired) electrons. The summed E-state index contributed by atoms with van der Waals surface area (Å²) in [7, 11) is 3.78. The summed E-state index contributed by atoms with van der Waals surface area (Å²) in [5.74, 6) is 0.261. The Bertz CT molecular complexity index is 1850. The van der Waals surface area contributed by atoms with Gasteiger partial charge in [-0.1, -0.05) is 6.07 Å². The summed E-state index contributed by atoms with van der Waals surface area (Å²) >= 11 is 1.70. The van der Waals surface area contributed by atoms with E-state index in [4.69, 9.17) is 0 Å². The summed E-state index contributed by atoms with van der Waals surface area (Å²) < 4.78 is 16.6. The predicted octanol–water partition coefficient (Wildman–Crippen LogP) is 6.91. The SMILES string of the molecule is CN1CCCC1c1ccc(Nc2cc(-c3cc(F)cc(CCC4CCc5c(sc6c5CCCC6)C4=O)c3CO)cn(C)c2=O)nc1. The zero-order chi connectivity index (χ0) is 31.9. The van der Waals surface area contributed by atoms with E-state index in [9.17, 15) is 14.7 Å². The second-order valence-corrected chi connectivity index (χ2v) is 14.3. The fourth-order valence-electron chi connectivity index (χ4n) is 7.79. The van der Waals surface area contributed by atoms with Gasteiger partial charge in [-0.2, -0.15) is 0 Å². The average Bonchev–Trinajstić information content (AvgIpc) is 3.66. The molecule has 4 heterocycles. The van der Waals surface area contributed by atoms with E-state index in [0.717, 1.165) is 55.5 Å². The van der Waals surface area contributed by atoms with Crippen LogP contribution >= 0.6 is 11.3 Å². The number of hydrogen-bond donors (Lipinski definition) is 2. The Kier molecular flexibility index (Phi) is 8.65. The molecule has 1 saturated heterocycles. The number of pyridine rings is 2. The maximum absolute atomic E-state index is 15.2. The number of halogens is 1. The zero-order valence-corrected chi connectivity index (χ0v) is 27.4. The molecule has 3 aliphatic rings. The minimum Gasteiger partial charge on any atom is -0.392 e. The number of aliphatic hydroxyl groups excluding tert-OH is 1. The van der Waals surface area contributed by atoms with Crippen molar-refractivity contribution in [1.29, 1.82) is 0 Å². The van der Waals surface area contributed by atoms with Crippen molar-refractivity contribution in [2.75, 3.05) is 18.9 Å². The van der Waals surface area contributed by atoms with Crippen LogP contribution in [0.5, 0.6) is 0 Å². The number of thiophene rings is 1. The number of likely N-dealkylation sites (tertiary alicyclic amines) is 1. The first-order valence-electron chi connectivity index (χ1n) is 16.5. The number of nitrogens with zero attached hydrogens (tertiary/aromatic N) is 3. The smallest absolute Gasteiger partial charge is 0.274 e. The molecule has 7 nitrogen and oxygen atoms in total. The Labute approximate surface area is 273 Å². The Morgan fingerprint density at radius 3 is 2.65 bits per heavy atom. The fraction of sp³-hybridized carbons (Fsp3) is 0.432. The first-order valence-corrected chi connectivity index (χ1v) is 17.4. The Balaban J connectivity index is 1.13. The quantitative estimate of drug-likeness (QED) is 0.218. The number of benzene rings is 1. The second-order valence-electron chi connectivity index (χ2n) is 13.2. The Morgan fingerprint density at radius 1 is 1.04 bits per heavy atom. The molecule has 2 atom stereocenters. The number of carbonyl (C=O) groups is 1. The monoisotopic (exact) mass is 640 g/mol. The molecule has 0 saturated carbocycles. The molecule has 0 bridgehead atoms. The fourth-order valence-corrected chi connectivity index (χ4v) is 9.25. The molecule has 9 heteroatoms. The molecular weight excluding hydrogens is 599 g/mol. The van der Waals surface area contributed by atoms with Gasteiger partial charge in [0.05, 0.1) is 11.5 Å². The molecule has 1 fully saturated rings. The molecule has 2 aliphatic carbocycles. The molecule has 0 amide bonds. The Morgan fingerprint density at radius 2 is 1.89 bits per heavy atom. The van der Waals surface area contributed by atoms with Gasteiger partial charge in [-0.15, -0.1) is 11.3 Å². The van der Waals surface area contributed by atoms with E-state index in [1.54, 1.807) is 30.6 Å². The molecule has 240 valence electrons. The van der Waals surface area contributed by atoms with E-state index < -0.39 is 5.82 Å². The summed E-state index contributed by atoms with van der Waals surface area (Å²) in [5.41, 5.74) is 6.41. The van der Waals surface area contributed by atoms with E-state index in [1.807, 2.05) is 18.3 Å². The highest BCUT2D eigenvalue weighted by Crippen LogP contribution is 2.41. The lowest BCUT2D eigenvalue weighted by Gasteiger charge is -2.23. The molecule has 46 heavy (non-hydrogen) atoms. The second kappa shape index (κ2) is 12.9. The van der Waals surface area contributed by atoms with Gasteiger partial charge in [0.15, 0.2) is 5.78 Å². The minimum absolute atomic E-state index is 0.104. The molecule has 2 unspecified atom stereocenters. The van der Waals surface area contributed by atoms with Crippen LogP contribution < -0.4 is 10.9 Å². The van der Waals surface area contributed by atoms with Gasteiger partial charge in [0, 0.05) is 41.8 Å². The predicted molar refractivity (Wildman–Crippen MR) is 181 cm³/mol. The molecular formula is C37H41FN4O3S. The van der Waals surface area contributed by atoms with Gasteiger partial charge in [0.25, 0.3) is 5.56 Å². The number of ketones is 1. The van der Waals surface area contributed by atoms with Crippen LogP contribution in [0.3, 0.4) is 0 Å². The van der Waals surface area contributed by atoms with Gasteiger partial charge < -0.3 is 15.0 Å². The maximum atomic E-state index is 15.2. The minimum atomic E-state index is -0.414. The van der Waals surface area contributed by atoms with Gasteiger partial charge in [-0.25, -0.2) is 9.37 Å². The largest absolute Gasteiger partial charge is 0.392 e. The van der Waals surface area contributed by atoms with E-state index in [0.29, 0.717) is 52.6 Å². The number of hydrogen-bond acceptors (Lipinski definition) is 7. The highest BCUT2D eigenvalue weighted by atomic mass is 32.1. The normalized spacial score (nSPS) is 19.7. The topological polar surface area (TPSA) is 87.5 Å². The van der Waals surface area contributed by atoms with E-state index in [-0.39, 0.29) is 23.9 Å². The van der Waals surface area contributed by atoms with E-state index in [2.05, 4.69) is 22.2 Å². The van der Waals surface area contributed by atoms with Crippen molar-refractivity contribution >= 4 is 28.6 Å². The lowest BCUT2D eigenvalue weighted by Crippen LogP contribution is -2.22. The van der Waals surface area contributed by atoms with Crippen molar-refractivity contribution in [3.63, 3.8) is 0 Å². The number of nitrogens with one attached hydrogen (secondary N) is 1. The van der Waals surface area contributed by atoms with Crippen molar-refractivity contribution in [2.24, 2.45) is 13.0 Å². The lowest BCUT2D eigenvalue weighted by atomic mass is 9.80. The molecule has 0 spiro atoms. The van der Waals surface area contributed by atoms with Crippen molar-refractivity contribution in [3.8, 4) is 11.1 Å². The standard InChI is InChI=1S/C37H41FN4O3S/c1-41-15-5-7-32(41)24-12-14-34(39-19-24)40-31-17-25(20-42(2)37(31)45)29-18-26(38)16-23(30(29)21-43)10-9-22-11-13-28-27-6-3-4-8-33(27)46-36(28)35(22)44/h12,14,16-20,22,32,43H,3-11,13,15,21H2,1-2H3,(H,39,40). The summed E-state index contributed by atoms with van der Waals surface area (Å²) in [4.78, 5) is 36.0. The zero-order valence-electron chi connectivity index (χ0n) is 26.6. The van der Waals surface area contributed by atoms with Gasteiger partial charge in [-0.05, 0) is 135 Å². The Hall–Kier alpha value is -3.66. The van der Waals surface area contributed by atoms with E-state index >= 15 is 4.39 Å².